The number of thiophene rings is 1. The lowest BCUT2D eigenvalue weighted by Gasteiger charge is -2.25. The van der Waals surface area contributed by atoms with Crippen molar-refractivity contribution in [1.82, 2.24) is 5.32 Å². The van der Waals surface area contributed by atoms with Crippen LogP contribution in [0.15, 0.2) is 11.4 Å². The minimum Gasteiger partial charge on any atom is -0.393 e. The van der Waals surface area contributed by atoms with E-state index in [4.69, 9.17) is 0 Å². The van der Waals surface area contributed by atoms with Gasteiger partial charge >= 0.3 is 0 Å². The Morgan fingerprint density at radius 3 is 3.12 bits per heavy atom. The van der Waals surface area contributed by atoms with Gasteiger partial charge in [-0.25, -0.2) is 0 Å². The molecule has 1 heterocycles. The average Bonchev–Trinajstić information content (AvgIpc) is 2.94. The highest BCUT2D eigenvalue weighted by Gasteiger charge is 2.25. The number of hydrogen-bond donors (Lipinski definition) is 2. The third kappa shape index (κ3) is 2.56. The molecule has 1 fully saturated rings. The molecule has 3 atom stereocenters. The second kappa shape index (κ2) is 5.09. The van der Waals surface area contributed by atoms with Gasteiger partial charge in [0.15, 0.2) is 0 Å². The van der Waals surface area contributed by atoms with Crippen LogP contribution >= 0.6 is 11.3 Å². The predicted octanol–water partition coefficient (Wildman–Crippen LogP) is 2.88. The maximum absolute atomic E-state index is 9.54. The molecule has 0 spiro atoms. The van der Waals surface area contributed by atoms with Crippen LogP contribution in [-0.4, -0.2) is 17.8 Å². The number of nitrogens with one attached hydrogen (secondary N) is 1. The number of aryl methyl sites for hydroxylation is 1. The first kappa shape index (κ1) is 11.7. The first-order chi connectivity index (χ1) is 8.33. The number of aliphatic hydroxyl groups is 1. The van der Waals surface area contributed by atoms with E-state index in [1.807, 2.05) is 11.3 Å². The standard InChI is InChI=1S/C14H21NOS/c16-11-5-4-10(8-11)9-15-13-2-1-3-14-12(13)6-7-17-14/h6-7,10-11,13,15-16H,1-5,8-9H2. The minimum absolute atomic E-state index is 0.0372. The molecule has 17 heavy (non-hydrogen) atoms. The highest BCUT2D eigenvalue weighted by atomic mass is 32.1. The van der Waals surface area contributed by atoms with Gasteiger partial charge in [0.05, 0.1) is 6.10 Å². The molecule has 0 amide bonds. The summed E-state index contributed by atoms with van der Waals surface area (Å²) in [6.45, 7) is 1.08. The van der Waals surface area contributed by atoms with E-state index in [1.54, 1.807) is 10.4 Å². The van der Waals surface area contributed by atoms with Crippen molar-refractivity contribution in [3.8, 4) is 0 Å². The lowest BCUT2D eigenvalue weighted by molar-refractivity contribution is 0.177. The van der Waals surface area contributed by atoms with Crippen LogP contribution in [0.25, 0.3) is 0 Å². The minimum atomic E-state index is -0.0372. The third-order valence-corrected chi connectivity index (χ3v) is 5.21. The third-order valence-electron chi connectivity index (χ3n) is 4.22. The first-order valence-electron chi connectivity index (χ1n) is 6.80. The van der Waals surface area contributed by atoms with Gasteiger partial charge in [-0.2, -0.15) is 0 Å². The highest BCUT2D eigenvalue weighted by Crippen LogP contribution is 2.34. The Hall–Kier alpha value is -0.380. The molecule has 2 aliphatic rings. The summed E-state index contributed by atoms with van der Waals surface area (Å²) in [4.78, 5) is 1.58. The average molecular weight is 251 g/mol. The van der Waals surface area contributed by atoms with E-state index < -0.39 is 0 Å². The van der Waals surface area contributed by atoms with E-state index >= 15 is 0 Å². The van der Waals surface area contributed by atoms with Gasteiger partial charge in [-0.05, 0) is 68.0 Å². The summed E-state index contributed by atoms with van der Waals surface area (Å²) in [7, 11) is 0. The van der Waals surface area contributed by atoms with Crippen molar-refractivity contribution in [1.29, 1.82) is 0 Å². The topological polar surface area (TPSA) is 32.3 Å². The summed E-state index contributed by atoms with van der Waals surface area (Å²) in [6, 6.07) is 2.86. The molecule has 3 heteroatoms. The highest BCUT2D eigenvalue weighted by molar-refractivity contribution is 7.10. The van der Waals surface area contributed by atoms with Crippen LogP contribution in [0.5, 0.6) is 0 Å². The molecule has 0 radical (unpaired) electrons. The fraction of sp³-hybridized carbons (Fsp3) is 0.714. The monoisotopic (exact) mass is 251 g/mol. The van der Waals surface area contributed by atoms with E-state index in [9.17, 15) is 5.11 Å². The molecule has 2 aliphatic carbocycles. The Kier molecular flexibility index (Phi) is 3.50. The molecule has 0 saturated heterocycles. The Morgan fingerprint density at radius 1 is 1.35 bits per heavy atom. The summed E-state index contributed by atoms with van der Waals surface area (Å²) in [5.74, 6) is 0.689. The lowest BCUT2D eigenvalue weighted by atomic mass is 9.93. The summed E-state index contributed by atoms with van der Waals surface area (Å²) in [5.41, 5.74) is 1.54. The van der Waals surface area contributed by atoms with Crippen LogP contribution in [0, 0.1) is 5.92 Å². The summed E-state index contributed by atoms with van der Waals surface area (Å²) in [6.07, 6.45) is 7.02. The van der Waals surface area contributed by atoms with Crippen molar-refractivity contribution in [2.24, 2.45) is 5.92 Å². The first-order valence-corrected chi connectivity index (χ1v) is 7.68. The van der Waals surface area contributed by atoms with Gasteiger partial charge in [0, 0.05) is 10.9 Å². The van der Waals surface area contributed by atoms with Gasteiger partial charge in [-0.1, -0.05) is 0 Å². The summed E-state index contributed by atoms with van der Waals surface area (Å²) < 4.78 is 0. The molecule has 3 rings (SSSR count). The van der Waals surface area contributed by atoms with Crippen LogP contribution < -0.4 is 5.32 Å². The maximum Gasteiger partial charge on any atom is 0.0543 e. The number of rotatable bonds is 3. The van der Waals surface area contributed by atoms with Crippen LogP contribution in [0.2, 0.25) is 0 Å². The number of fused-ring (bicyclic) bond motifs is 1. The zero-order valence-corrected chi connectivity index (χ0v) is 11.0. The van der Waals surface area contributed by atoms with Gasteiger partial charge in [0.2, 0.25) is 0 Å². The predicted molar refractivity (Wildman–Crippen MR) is 71.3 cm³/mol. The lowest BCUT2D eigenvalue weighted by Crippen LogP contribution is -2.28. The van der Waals surface area contributed by atoms with Crippen molar-refractivity contribution < 1.29 is 5.11 Å². The molecule has 0 aliphatic heterocycles. The molecule has 1 aromatic heterocycles. The summed E-state index contributed by atoms with van der Waals surface area (Å²) in [5, 5.41) is 15.5. The Balaban J connectivity index is 1.56. The van der Waals surface area contributed by atoms with E-state index in [-0.39, 0.29) is 6.10 Å². The molecule has 1 saturated carbocycles. The van der Waals surface area contributed by atoms with Crippen molar-refractivity contribution in [2.75, 3.05) is 6.54 Å². The molecular weight excluding hydrogens is 230 g/mol. The maximum atomic E-state index is 9.54. The SMILES string of the molecule is OC1CCC(CNC2CCCc3sccc32)C1. The van der Waals surface area contributed by atoms with Gasteiger partial charge < -0.3 is 10.4 Å². The Bertz CT molecular complexity index is 376. The molecular formula is C14H21NOS. The van der Waals surface area contributed by atoms with Crippen molar-refractivity contribution in [3.05, 3.63) is 21.9 Å². The van der Waals surface area contributed by atoms with Crippen molar-refractivity contribution in [2.45, 2.75) is 50.7 Å². The largest absolute Gasteiger partial charge is 0.393 e. The van der Waals surface area contributed by atoms with E-state index in [1.165, 1.54) is 25.7 Å². The smallest absolute Gasteiger partial charge is 0.0543 e. The zero-order chi connectivity index (χ0) is 11.7. The van der Waals surface area contributed by atoms with Gasteiger partial charge in [0.25, 0.3) is 0 Å². The molecule has 2 N–H and O–H groups in total. The van der Waals surface area contributed by atoms with E-state index in [2.05, 4.69) is 16.8 Å². The molecule has 3 unspecified atom stereocenters. The van der Waals surface area contributed by atoms with Crippen LogP contribution in [0.3, 0.4) is 0 Å². The second-order valence-electron chi connectivity index (χ2n) is 5.49. The molecule has 1 aromatic rings. The van der Waals surface area contributed by atoms with Gasteiger partial charge in [-0.15, -0.1) is 11.3 Å². The zero-order valence-electron chi connectivity index (χ0n) is 10.2. The van der Waals surface area contributed by atoms with E-state index in [0.717, 1.165) is 19.4 Å². The quantitative estimate of drug-likeness (QED) is 0.866. The van der Waals surface area contributed by atoms with Crippen LogP contribution in [0.1, 0.15) is 48.6 Å². The molecule has 2 nitrogen and oxygen atoms in total. The Labute approximate surface area is 107 Å². The van der Waals surface area contributed by atoms with Gasteiger partial charge in [0.1, 0.15) is 0 Å². The normalized spacial score (nSPS) is 32.6. The van der Waals surface area contributed by atoms with Crippen molar-refractivity contribution in [3.63, 3.8) is 0 Å². The number of aliphatic hydroxyl groups excluding tert-OH is 1. The summed E-state index contributed by atoms with van der Waals surface area (Å²) >= 11 is 1.91. The Morgan fingerprint density at radius 2 is 2.29 bits per heavy atom. The molecule has 94 valence electrons. The second-order valence-corrected chi connectivity index (χ2v) is 6.49. The molecule has 0 aromatic carbocycles. The van der Waals surface area contributed by atoms with Crippen LogP contribution in [0.4, 0.5) is 0 Å². The van der Waals surface area contributed by atoms with Crippen LogP contribution in [-0.2, 0) is 6.42 Å². The van der Waals surface area contributed by atoms with Gasteiger partial charge in [-0.3, -0.25) is 0 Å². The number of hydrogen-bond acceptors (Lipinski definition) is 3. The fourth-order valence-electron chi connectivity index (χ4n) is 3.24. The van der Waals surface area contributed by atoms with Crippen molar-refractivity contribution >= 4 is 11.3 Å². The molecule has 0 bridgehead atoms. The fourth-order valence-corrected chi connectivity index (χ4v) is 4.23. The van der Waals surface area contributed by atoms with E-state index in [0.29, 0.717) is 12.0 Å².